The molecule has 1 aromatic carbocycles. The Hall–Kier alpha value is -3.02. The van der Waals surface area contributed by atoms with Crippen molar-refractivity contribution in [3.8, 4) is 0 Å². The summed E-state index contributed by atoms with van der Waals surface area (Å²) < 4.78 is 0. The minimum absolute atomic E-state index is 0.245. The van der Waals surface area contributed by atoms with Crippen LogP contribution in [0, 0.1) is 0 Å². The van der Waals surface area contributed by atoms with Gasteiger partial charge in [-0.3, -0.25) is 9.78 Å². The number of aromatic nitrogens is 3. The van der Waals surface area contributed by atoms with Gasteiger partial charge in [0, 0.05) is 24.8 Å². The largest absolute Gasteiger partial charge is 0.373 e. The van der Waals surface area contributed by atoms with E-state index in [2.05, 4.69) is 25.6 Å². The van der Waals surface area contributed by atoms with Gasteiger partial charge in [-0.05, 0) is 12.1 Å². The standard InChI is InChI=1S/C15H13N5O/c1-16-13-8-11(10-4-2-3-5-12(10)19-13)15(21)20-14-9-17-6-7-18-14/h2-9H,1H3,(H,16,19)(H,18,20,21). The van der Waals surface area contributed by atoms with Crippen molar-refractivity contribution in [3.05, 3.63) is 54.5 Å². The molecule has 2 N–H and O–H groups in total. The molecule has 0 atom stereocenters. The molecule has 0 aliphatic carbocycles. The van der Waals surface area contributed by atoms with Gasteiger partial charge in [-0.2, -0.15) is 0 Å². The van der Waals surface area contributed by atoms with Crippen molar-refractivity contribution in [1.82, 2.24) is 15.0 Å². The molecule has 0 bridgehead atoms. The molecule has 2 aromatic heterocycles. The number of benzene rings is 1. The second-order valence-electron chi connectivity index (χ2n) is 4.37. The van der Waals surface area contributed by atoms with Crippen LogP contribution in [0.2, 0.25) is 0 Å². The van der Waals surface area contributed by atoms with Crippen molar-refractivity contribution >= 4 is 28.4 Å². The zero-order chi connectivity index (χ0) is 14.7. The zero-order valence-corrected chi connectivity index (χ0v) is 11.4. The maximum absolute atomic E-state index is 12.5. The van der Waals surface area contributed by atoms with Gasteiger partial charge in [0.05, 0.1) is 17.3 Å². The number of rotatable bonds is 3. The van der Waals surface area contributed by atoms with E-state index in [1.165, 1.54) is 12.4 Å². The van der Waals surface area contributed by atoms with Crippen LogP contribution in [0.1, 0.15) is 10.4 Å². The first-order valence-corrected chi connectivity index (χ1v) is 6.43. The van der Waals surface area contributed by atoms with Gasteiger partial charge in [-0.1, -0.05) is 18.2 Å². The SMILES string of the molecule is CNc1cc(C(=O)Nc2cnccn2)c2ccccc2n1. The number of pyridine rings is 1. The molecule has 0 aliphatic rings. The summed E-state index contributed by atoms with van der Waals surface area (Å²) in [6.07, 6.45) is 4.58. The third-order valence-electron chi connectivity index (χ3n) is 3.02. The first-order valence-electron chi connectivity index (χ1n) is 6.43. The van der Waals surface area contributed by atoms with Crippen LogP contribution in [-0.2, 0) is 0 Å². The van der Waals surface area contributed by atoms with Gasteiger partial charge in [-0.15, -0.1) is 0 Å². The van der Waals surface area contributed by atoms with Crippen molar-refractivity contribution in [2.75, 3.05) is 17.7 Å². The highest BCUT2D eigenvalue weighted by molar-refractivity contribution is 6.12. The predicted molar refractivity (Wildman–Crippen MR) is 81.3 cm³/mol. The number of anilines is 2. The predicted octanol–water partition coefficient (Wildman–Crippen LogP) is 2.32. The lowest BCUT2D eigenvalue weighted by molar-refractivity contribution is 0.102. The molecule has 6 nitrogen and oxygen atoms in total. The number of hydrogen-bond acceptors (Lipinski definition) is 5. The molecule has 3 rings (SSSR count). The second kappa shape index (κ2) is 5.54. The maximum atomic E-state index is 12.5. The van der Waals surface area contributed by atoms with Gasteiger partial charge in [0.2, 0.25) is 0 Å². The van der Waals surface area contributed by atoms with Gasteiger partial charge in [-0.25, -0.2) is 9.97 Å². The van der Waals surface area contributed by atoms with Crippen molar-refractivity contribution in [1.29, 1.82) is 0 Å². The van der Waals surface area contributed by atoms with Crippen molar-refractivity contribution in [3.63, 3.8) is 0 Å². The number of fused-ring (bicyclic) bond motifs is 1. The van der Waals surface area contributed by atoms with E-state index in [-0.39, 0.29) is 5.91 Å². The third kappa shape index (κ3) is 2.64. The Morgan fingerprint density at radius 1 is 1.14 bits per heavy atom. The molecule has 0 aliphatic heterocycles. The number of hydrogen-bond donors (Lipinski definition) is 2. The topological polar surface area (TPSA) is 79.8 Å². The Morgan fingerprint density at radius 3 is 2.76 bits per heavy atom. The summed E-state index contributed by atoms with van der Waals surface area (Å²) >= 11 is 0. The van der Waals surface area contributed by atoms with Crippen molar-refractivity contribution < 1.29 is 4.79 Å². The van der Waals surface area contributed by atoms with Crippen LogP contribution < -0.4 is 10.6 Å². The Bertz CT molecular complexity index is 788. The van der Waals surface area contributed by atoms with E-state index < -0.39 is 0 Å². The smallest absolute Gasteiger partial charge is 0.257 e. The minimum atomic E-state index is -0.245. The summed E-state index contributed by atoms with van der Waals surface area (Å²) in [6.45, 7) is 0. The first kappa shape index (κ1) is 13.0. The average Bonchev–Trinajstić information content (AvgIpc) is 2.54. The van der Waals surface area contributed by atoms with E-state index >= 15 is 0 Å². The number of amides is 1. The molecule has 1 amide bonds. The second-order valence-corrected chi connectivity index (χ2v) is 4.37. The average molecular weight is 279 g/mol. The number of nitrogens with one attached hydrogen (secondary N) is 2. The fraction of sp³-hybridized carbons (Fsp3) is 0.0667. The molecule has 2 heterocycles. The molecular formula is C15H13N5O. The van der Waals surface area contributed by atoms with Crippen LogP contribution in [0.5, 0.6) is 0 Å². The van der Waals surface area contributed by atoms with Crippen LogP contribution in [0.25, 0.3) is 10.9 Å². The summed E-state index contributed by atoms with van der Waals surface area (Å²) in [4.78, 5) is 24.9. The maximum Gasteiger partial charge on any atom is 0.257 e. The van der Waals surface area contributed by atoms with Gasteiger partial charge in [0.15, 0.2) is 5.82 Å². The van der Waals surface area contributed by atoms with Gasteiger partial charge in [0.25, 0.3) is 5.91 Å². The molecule has 0 fully saturated rings. The van der Waals surface area contributed by atoms with E-state index in [1.807, 2.05) is 24.3 Å². The van der Waals surface area contributed by atoms with Crippen LogP contribution >= 0.6 is 0 Å². The van der Waals surface area contributed by atoms with Gasteiger partial charge in [0.1, 0.15) is 5.82 Å². The van der Waals surface area contributed by atoms with E-state index in [4.69, 9.17) is 0 Å². The molecule has 0 spiro atoms. The van der Waals surface area contributed by atoms with E-state index in [0.29, 0.717) is 17.2 Å². The van der Waals surface area contributed by atoms with E-state index in [9.17, 15) is 4.79 Å². The fourth-order valence-electron chi connectivity index (χ4n) is 2.04. The number of carbonyl (C=O) groups excluding carboxylic acids is 1. The summed E-state index contributed by atoms with van der Waals surface area (Å²) in [5.41, 5.74) is 1.30. The molecule has 0 unspecified atom stereocenters. The molecular weight excluding hydrogens is 266 g/mol. The lowest BCUT2D eigenvalue weighted by atomic mass is 10.1. The molecule has 0 radical (unpaired) electrons. The summed E-state index contributed by atoms with van der Waals surface area (Å²) in [7, 11) is 1.77. The van der Waals surface area contributed by atoms with Gasteiger partial charge >= 0.3 is 0 Å². The quantitative estimate of drug-likeness (QED) is 0.769. The summed E-state index contributed by atoms with van der Waals surface area (Å²) in [5.74, 6) is 0.804. The van der Waals surface area contributed by atoms with Gasteiger partial charge < -0.3 is 10.6 Å². The molecule has 6 heteroatoms. The van der Waals surface area contributed by atoms with Crippen LogP contribution in [0.15, 0.2) is 48.9 Å². The fourth-order valence-corrected chi connectivity index (χ4v) is 2.04. The number of carbonyl (C=O) groups is 1. The van der Waals surface area contributed by atoms with E-state index in [0.717, 1.165) is 10.9 Å². The van der Waals surface area contributed by atoms with E-state index in [1.54, 1.807) is 19.3 Å². The lowest BCUT2D eigenvalue weighted by Gasteiger charge is -2.09. The van der Waals surface area contributed by atoms with Crippen molar-refractivity contribution in [2.24, 2.45) is 0 Å². The monoisotopic (exact) mass is 279 g/mol. The zero-order valence-electron chi connectivity index (χ0n) is 11.4. The minimum Gasteiger partial charge on any atom is -0.373 e. The lowest BCUT2D eigenvalue weighted by Crippen LogP contribution is -2.14. The van der Waals surface area contributed by atoms with Crippen LogP contribution in [-0.4, -0.2) is 27.9 Å². The highest BCUT2D eigenvalue weighted by atomic mass is 16.1. The van der Waals surface area contributed by atoms with Crippen LogP contribution in [0.3, 0.4) is 0 Å². The number of para-hydroxylation sites is 1. The Labute approximate surface area is 121 Å². The summed E-state index contributed by atoms with van der Waals surface area (Å²) in [5, 5.41) is 6.48. The third-order valence-corrected chi connectivity index (χ3v) is 3.02. The van der Waals surface area contributed by atoms with Crippen LogP contribution in [0.4, 0.5) is 11.6 Å². The Balaban J connectivity index is 2.04. The molecule has 3 aromatic rings. The Morgan fingerprint density at radius 2 is 2.00 bits per heavy atom. The molecule has 0 saturated heterocycles. The Kier molecular flexibility index (Phi) is 3.42. The molecule has 0 saturated carbocycles. The molecule has 104 valence electrons. The summed E-state index contributed by atoms with van der Waals surface area (Å²) in [6, 6.07) is 9.22. The molecule has 21 heavy (non-hydrogen) atoms. The highest BCUT2D eigenvalue weighted by Crippen LogP contribution is 2.21. The van der Waals surface area contributed by atoms with Crippen molar-refractivity contribution in [2.45, 2.75) is 0 Å². The normalized spacial score (nSPS) is 10.3. The number of nitrogens with zero attached hydrogens (tertiary/aromatic N) is 3. The highest BCUT2D eigenvalue weighted by Gasteiger charge is 2.13. The first-order chi connectivity index (χ1) is 10.3.